The summed E-state index contributed by atoms with van der Waals surface area (Å²) in [7, 11) is 0. The molecule has 0 heterocycles. The number of carbonyl (C=O) groups excluding carboxylic acids is 1. The minimum absolute atomic E-state index is 0.0517. The molecule has 0 saturated carbocycles. The average Bonchev–Trinajstić information content (AvgIpc) is 2.04. The predicted octanol–water partition coefficient (Wildman–Crippen LogP) is 2.52. The Morgan fingerprint density at radius 2 is 2.08 bits per heavy atom. The van der Waals surface area contributed by atoms with Crippen LogP contribution in [0.4, 0.5) is 0 Å². The second kappa shape index (κ2) is 4.61. The van der Waals surface area contributed by atoms with Crippen molar-refractivity contribution >= 4 is 29.0 Å². The molecule has 0 fully saturated rings. The molecule has 13 heavy (non-hydrogen) atoms. The van der Waals surface area contributed by atoms with Gasteiger partial charge in [-0.25, -0.2) is 0 Å². The van der Waals surface area contributed by atoms with Crippen molar-refractivity contribution in [3.8, 4) is 0 Å². The summed E-state index contributed by atoms with van der Waals surface area (Å²) in [6, 6.07) is 4.80. The van der Waals surface area contributed by atoms with Gasteiger partial charge < -0.3 is 5.73 Å². The van der Waals surface area contributed by atoms with E-state index in [1.54, 1.807) is 18.2 Å². The molecule has 0 aliphatic rings. The molecule has 70 valence electrons. The summed E-state index contributed by atoms with van der Waals surface area (Å²) in [5.41, 5.74) is 5.74. The zero-order valence-corrected chi connectivity index (χ0v) is 8.40. The normalized spacial score (nSPS) is 10.1. The van der Waals surface area contributed by atoms with Crippen LogP contribution in [0.5, 0.6) is 0 Å². The van der Waals surface area contributed by atoms with E-state index in [-0.39, 0.29) is 5.78 Å². The summed E-state index contributed by atoms with van der Waals surface area (Å²) in [6.45, 7) is 0.331. The molecule has 2 N–H and O–H groups in total. The second-order valence-corrected chi connectivity index (χ2v) is 3.43. The first-order valence-electron chi connectivity index (χ1n) is 3.83. The van der Waals surface area contributed by atoms with Gasteiger partial charge in [-0.15, -0.1) is 0 Å². The van der Waals surface area contributed by atoms with Crippen LogP contribution in [-0.4, -0.2) is 12.3 Å². The van der Waals surface area contributed by atoms with Crippen LogP contribution in [0.1, 0.15) is 16.8 Å². The third-order valence-electron chi connectivity index (χ3n) is 1.60. The summed E-state index contributed by atoms with van der Waals surface area (Å²) in [4.78, 5) is 11.4. The molecule has 1 aromatic rings. The Kier molecular flexibility index (Phi) is 3.72. The van der Waals surface area contributed by atoms with Crippen molar-refractivity contribution in [2.75, 3.05) is 6.54 Å². The Labute approximate surface area is 86.6 Å². The molecule has 0 aromatic heterocycles. The highest BCUT2D eigenvalue weighted by atomic mass is 35.5. The average molecular weight is 218 g/mol. The Hall–Kier alpha value is -0.570. The van der Waals surface area contributed by atoms with E-state index in [1.165, 1.54) is 0 Å². The van der Waals surface area contributed by atoms with Gasteiger partial charge in [0.05, 0.1) is 5.02 Å². The molecule has 2 nitrogen and oxygen atoms in total. The van der Waals surface area contributed by atoms with Crippen LogP contribution >= 0.6 is 23.2 Å². The van der Waals surface area contributed by atoms with Crippen LogP contribution in [-0.2, 0) is 0 Å². The maximum Gasteiger partial charge on any atom is 0.165 e. The number of halogens is 2. The summed E-state index contributed by atoms with van der Waals surface area (Å²) < 4.78 is 0. The number of Topliss-reactive ketones (excluding diaryl/α,β-unsaturated/α-hetero) is 1. The number of hydrogen-bond acceptors (Lipinski definition) is 2. The summed E-state index contributed by atoms with van der Waals surface area (Å²) in [5.74, 6) is -0.0517. The standard InChI is InChI=1S/C9H9Cl2NO/c10-6-1-2-7(8(11)5-6)9(13)3-4-12/h1-2,5H,3-4,12H2. The highest BCUT2D eigenvalue weighted by Gasteiger charge is 2.08. The molecule has 0 saturated heterocycles. The highest BCUT2D eigenvalue weighted by Crippen LogP contribution is 2.21. The number of hydrogen-bond donors (Lipinski definition) is 1. The lowest BCUT2D eigenvalue weighted by Crippen LogP contribution is -2.08. The third-order valence-corrected chi connectivity index (χ3v) is 2.15. The van der Waals surface area contributed by atoms with Crippen LogP contribution in [0.2, 0.25) is 10.0 Å². The lowest BCUT2D eigenvalue weighted by molar-refractivity contribution is 0.0985. The maximum absolute atomic E-state index is 11.4. The van der Waals surface area contributed by atoms with Gasteiger partial charge in [0.15, 0.2) is 5.78 Å². The van der Waals surface area contributed by atoms with Gasteiger partial charge in [0.25, 0.3) is 0 Å². The van der Waals surface area contributed by atoms with Gasteiger partial charge in [0, 0.05) is 17.0 Å². The topological polar surface area (TPSA) is 43.1 Å². The van der Waals surface area contributed by atoms with Gasteiger partial charge in [0.1, 0.15) is 0 Å². The van der Waals surface area contributed by atoms with Gasteiger partial charge >= 0.3 is 0 Å². The van der Waals surface area contributed by atoms with Crippen molar-refractivity contribution in [1.82, 2.24) is 0 Å². The molecule has 0 spiro atoms. The van der Waals surface area contributed by atoms with Crippen LogP contribution in [0, 0.1) is 0 Å². The van der Waals surface area contributed by atoms with Gasteiger partial charge in [-0.2, -0.15) is 0 Å². The Morgan fingerprint density at radius 1 is 1.38 bits per heavy atom. The molecule has 4 heteroatoms. The first kappa shape index (κ1) is 10.5. The van der Waals surface area contributed by atoms with Gasteiger partial charge in [-0.05, 0) is 24.7 Å². The molecule has 0 bridgehead atoms. The minimum atomic E-state index is -0.0517. The molecule has 0 radical (unpaired) electrons. The van der Waals surface area contributed by atoms with E-state index in [4.69, 9.17) is 28.9 Å². The third kappa shape index (κ3) is 2.69. The molecule has 0 aliphatic heterocycles. The molecule has 0 atom stereocenters. The monoisotopic (exact) mass is 217 g/mol. The highest BCUT2D eigenvalue weighted by molar-refractivity contribution is 6.36. The van der Waals surface area contributed by atoms with Crippen molar-refractivity contribution in [3.05, 3.63) is 33.8 Å². The van der Waals surface area contributed by atoms with Crippen molar-refractivity contribution in [3.63, 3.8) is 0 Å². The van der Waals surface area contributed by atoms with E-state index in [1.807, 2.05) is 0 Å². The Morgan fingerprint density at radius 3 is 2.62 bits per heavy atom. The summed E-state index contributed by atoms with van der Waals surface area (Å²) in [6.07, 6.45) is 0.307. The predicted molar refractivity (Wildman–Crippen MR) is 54.5 cm³/mol. The van der Waals surface area contributed by atoms with E-state index in [2.05, 4.69) is 0 Å². The van der Waals surface area contributed by atoms with Crippen molar-refractivity contribution < 1.29 is 4.79 Å². The fourth-order valence-electron chi connectivity index (χ4n) is 0.981. The molecular formula is C9H9Cl2NO. The smallest absolute Gasteiger partial charge is 0.165 e. The fraction of sp³-hybridized carbons (Fsp3) is 0.222. The zero-order chi connectivity index (χ0) is 9.84. The van der Waals surface area contributed by atoms with Crippen molar-refractivity contribution in [1.29, 1.82) is 0 Å². The minimum Gasteiger partial charge on any atom is -0.330 e. The van der Waals surface area contributed by atoms with Crippen LogP contribution in [0.25, 0.3) is 0 Å². The van der Waals surface area contributed by atoms with E-state index >= 15 is 0 Å². The maximum atomic E-state index is 11.4. The number of carbonyl (C=O) groups is 1. The molecule has 0 aliphatic carbocycles. The van der Waals surface area contributed by atoms with Crippen LogP contribution in [0.3, 0.4) is 0 Å². The quantitative estimate of drug-likeness (QED) is 0.792. The summed E-state index contributed by atoms with van der Waals surface area (Å²) in [5, 5.41) is 0.903. The van der Waals surface area contributed by atoms with Gasteiger partial charge in [-0.1, -0.05) is 23.2 Å². The number of rotatable bonds is 3. The summed E-state index contributed by atoms with van der Waals surface area (Å²) >= 11 is 11.5. The van der Waals surface area contributed by atoms with E-state index in [9.17, 15) is 4.79 Å². The van der Waals surface area contributed by atoms with Gasteiger partial charge in [0.2, 0.25) is 0 Å². The molecular weight excluding hydrogens is 209 g/mol. The number of nitrogens with two attached hydrogens (primary N) is 1. The van der Waals surface area contributed by atoms with Crippen LogP contribution < -0.4 is 5.73 Å². The fourth-order valence-corrected chi connectivity index (χ4v) is 1.50. The van der Waals surface area contributed by atoms with E-state index < -0.39 is 0 Å². The lowest BCUT2D eigenvalue weighted by Gasteiger charge is -2.01. The first-order chi connectivity index (χ1) is 6.15. The molecule has 1 rings (SSSR count). The number of ketones is 1. The Bertz CT molecular complexity index is 325. The Balaban J connectivity index is 2.95. The first-order valence-corrected chi connectivity index (χ1v) is 4.59. The largest absolute Gasteiger partial charge is 0.330 e. The second-order valence-electron chi connectivity index (χ2n) is 2.59. The molecule has 0 unspecified atom stereocenters. The van der Waals surface area contributed by atoms with Crippen molar-refractivity contribution in [2.24, 2.45) is 5.73 Å². The molecule has 1 aromatic carbocycles. The SMILES string of the molecule is NCCC(=O)c1ccc(Cl)cc1Cl. The van der Waals surface area contributed by atoms with Gasteiger partial charge in [-0.3, -0.25) is 4.79 Å². The lowest BCUT2D eigenvalue weighted by atomic mass is 10.1. The number of benzene rings is 1. The van der Waals surface area contributed by atoms with E-state index in [0.29, 0.717) is 28.6 Å². The van der Waals surface area contributed by atoms with E-state index in [0.717, 1.165) is 0 Å². The van der Waals surface area contributed by atoms with Crippen molar-refractivity contribution in [2.45, 2.75) is 6.42 Å². The zero-order valence-electron chi connectivity index (χ0n) is 6.89. The van der Waals surface area contributed by atoms with Crippen LogP contribution in [0.15, 0.2) is 18.2 Å². The molecule has 0 amide bonds.